The monoisotopic (exact) mass is 313 g/mol. The van der Waals surface area contributed by atoms with Crippen LogP contribution in [-0.2, 0) is 0 Å². The maximum absolute atomic E-state index is 4.28. The van der Waals surface area contributed by atoms with Gasteiger partial charge in [-0.2, -0.15) is 0 Å². The molecule has 0 amide bonds. The second-order valence-electron chi connectivity index (χ2n) is 6.27. The van der Waals surface area contributed by atoms with Gasteiger partial charge in [0.05, 0.1) is 0 Å². The molecule has 2 rings (SSSR count). The average Bonchev–Trinajstić information content (AvgIpc) is 2.52. The fraction of sp³-hybridized carbons (Fsp3) is 0.444. The lowest BCUT2D eigenvalue weighted by Gasteiger charge is -2.11. The minimum Gasteiger partial charge on any atom is -0.370 e. The second-order valence-corrected chi connectivity index (χ2v) is 6.27. The Labute approximate surface area is 139 Å². The van der Waals surface area contributed by atoms with Crippen molar-refractivity contribution in [1.29, 1.82) is 0 Å². The molecule has 0 atom stereocenters. The summed E-state index contributed by atoms with van der Waals surface area (Å²) in [5.41, 5.74) is 2.37. The zero-order valence-corrected chi connectivity index (χ0v) is 14.5. The molecule has 23 heavy (non-hydrogen) atoms. The van der Waals surface area contributed by atoms with E-state index >= 15 is 0 Å². The topological polar surface area (TPSA) is 53.1 Å². The Kier molecular flexibility index (Phi) is 6.35. The molecule has 5 heteroatoms. The largest absolute Gasteiger partial charge is 0.370 e. The maximum atomic E-state index is 4.28. The Morgan fingerprint density at radius 2 is 1.74 bits per heavy atom. The van der Waals surface area contributed by atoms with E-state index in [9.17, 15) is 0 Å². The van der Waals surface area contributed by atoms with Gasteiger partial charge in [0.1, 0.15) is 18.0 Å². The number of anilines is 3. The summed E-state index contributed by atoms with van der Waals surface area (Å²) in [6, 6.07) is 10.4. The van der Waals surface area contributed by atoms with Gasteiger partial charge in [0, 0.05) is 18.3 Å². The van der Waals surface area contributed by atoms with Gasteiger partial charge in [-0.3, -0.25) is 0 Å². The molecule has 0 aliphatic heterocycles. The highest BCUT2D eigenvalue weighted by atomic mass is 15.1. The summed E-state index contributed by atoms with van der Waals surface area (Å²) in [5.74, 6) is 2.19. The molecule has 1 aromatic carbocycles. The van der Waals surface area contributed by atoms with Crippen LogP contribution < -0.4 is 10.6 Å². The Balaban J connectivity index is 1.91. The van der Waals surface area contributed by atoms with Gasteiger partial charge in [-0.1, -0.05) is 26.0 Å². The molecule has 0 radical (unpaired) electrons. The van der Waals surface area contributed by atoms with E-state index in [1.165, 1.54) is 5.56 Å². The number of aromatic nitrogens is 2. The van der Waals surface area contributed by atoms with E-state index in [2.05, 4.69) is 77.7 Å². The van der Waals surface area contributed by atoms with E-state index in [1.54, 1.807) is 6.33 Å². The number of hydrogen-bond acceptors (Lipinski definition) is 5. The summed E-state index contributed by atoms with van der Waals surface area (Å²) in [6.07, 6.45) is 2.66. The lowest BCUT2D eigenvalue weighted by Crippen LogP contribution is -2.16. The summed E-state index contributed by atoms with van der Waals surface area (Å²) >= 11 is 0. The Morgan fingerprint density at radius 3 is 2.39 bits per heavy atom. The van der Waals surface area contributed by atoms with Crippen molar-refractivity contribution >= 4 is 17.3 Å². The number of hydrogen-bond donors (Lipinski definition) is 2. The van der Waals surface area contributed by atoms with Crippen molar-refractivity contribution in [3.63, 3.8) is 0 Å². The molecule has 5 nitrogen and oxygen atoms in total. The summed E-state index contributed by atoms with van der Waals surface area (Å²) in [4.78, 5) is 10.7. The highest BCUT2D eigenvalue weighted by Gasteiger charge is 2.02. The van der Waals surface area contributed by atoms with Crippen LogP contribution in [-0.4, -0.2) is 42.1 Å². The van der Waals surface area contributed by atoms with Gasteiger partial charge in [0.25, 0.3) is 0 Å². The second kappa shape index (κ2) is 8.48. The minimum absolute atomic E-state index is 0.543. The Bertz CT molecular complexity index is 593. The van der Waals surface area contributed by atoms with Crippen LogP contribution in [0, 0.1) is 0 Å². The van der Waals surface area contributed by atoms with Crippen LogP contribution in [0.15, 0.2) is 36.7 Å². The van der Waals surface area contributed by atoms with E-state index in [0.717, 1.165) is 36.8 Å². The van der Waals surface area contributed by atoms with Gasteiger partial charge in [-0.15, -0.1) is 0 Å². The van der Waals surface area contributed by atoms with Crippen LogP contribution >= 0.6 is 0 Å². The van der Waals surface area contributed by atoms with Gasteiger partial charge < -0.3 is 15.5 Å². The van der Waals surface area contributed by atoms with Crippen LogP contribution in [0.2, 0.25) is 0 Å². The number of rotatable bonds is 8. The molecule has 0 saturated carbocycles. The van der Waals surface area contributed by atoms with E-state index in [0.29, 0.717) is 5.92 Å². The van der Waals surface area contributed by atoms with Crippen molar-refractivity contribution in [2.24, 2.45) is 0 Å². The van der Waals surface area contributed by atoms with Crippen molar-refractivity contribution < 1.29 is 0 Å². The number of benzene rings is 1. The van der Waals surface area contributed by atoms with Crippen LogP contribution in [0.5, 0.6) is 0 Å². The summed E-state index contributed by atoms with van der Waals surface area (Å²) < 4.78 is 0. The predicted octanol–water partition coefficient (Wildman–Crippen LogP) is 3.71. The summed E-state index contributed by atoms with van der Waals surface area (Å²) in [7, 11) is 4.16. The third-order valence-corrected chi connectivity index (χ3v) is 3.61. The molecule has 0 aliphatic rings. The first-order valence-electron chi connectivity index (χ1n) is 8.12. The van der Waals surface area contributed by atoms with Gasteiger partial charge in [-0.25, -0.2) is 9.97 Å². The van der Waals surface area contributed by atoms with Gasteiger partial charge in [-0.05, 0) is 50.7 Å². The third-order valence-electron chi connectivity index (χ3n) is 3.61. The van der Waals surface area contributed by atoms with Gasteiger partial charge in [0.2, 0.25) is 0 Å². The van der Waals surface area contributed by atoms with Crippen molar-refractivity contribution in [2.45, 2.75) is 26.2 Å². The molecule has 2 N–H and O–H groups in total. The first-order valence-corrected chi connectivity index (χ1v) is 8.12. The average molecular weight is 313 g/mol. The highest BCUT2D eigenvalue weighted by molar-refractivity contribution is 5.59. The van der Waals surface area contributed by atoms with E-state index in [1.807, 2.05) is 6.07 Å². The standard InChI is InChI=1S/C18H27N5/c1-14(2)15-6-8-16(9-7-15)22-18-12-17(20-13-21-18)19-10-5-11-23(3)4/h6-9,12-14H,5,10-11H2,1-4H3,(H2,19,20,21,22). The van der Waals surface area contributed by atoms with Gasteiger partial charge >= 0.3 is 0 Å². The summed E-state index contributed by atoms with van der Waals surface area (Å²) in [6.45, 7) is 6.35. The quantitative estimate of drug-likeness (QED) is 0.728. The number of nitrogens with zero attached hydrogens (tertiary/aromatic N) is 3. The van der Waals surface area contributed by atoms with Crippen LogP contribution in [0.3, 0.4) is 0 Å². The third kappa shape index (κ3) is 5.87. The Hall–Kier alpha value is -2.14. The van der Waals surface area contributed by atoms with E-state index < -0.39 is 0 Å². The van der Waals surface area contributed by atoms with Crippen molar-refractivity contribution in [3.05, 3.63) is 42.2 Å². The zero-order chi connectivity index (χ0) is 16.7. The fourth-order valence-corrected chi connectivity index (χ4v) is 2.23. The maximum Gasteiger partial charge on any atom is 0.135 e. The first-order chi connectivity index (χ1) is 11.0. The zero-order valence-electron chi connectivity index (χ0n) is 14.5. The molecule has 0 fully saturated rings. The predicted molar refractivity (Wildman–Crippen MR) is 97.5 cm³/mol. The first kappa shape index (κ1) is 17.2. The lowest BCUT2D eigenvalue weighted by atomic mass is 10.0. The molecule has 1 aromatic heterocycles. The molecule has 0 bridgehead atoms. The molecule has 0 saturated heterocycles. The molecule has 1 heterocycles. The molecular formula is C18H27N5. The van der Waals surface area contributed by atoms with Crippen molar-refractivity contribution in [1.82, 2.24) is 14.9 Å². The molecule has 124 valence electrons. The van der Waals surface area contributed by atoms with E-state index in [4.69, 9.17) is 0 Å². The SMILES string of the molecule is CC(C)c1ccc(Nc2cc(NCCCN(C)C)ncn2)cc1. The van der Waals surface area contributed by atoms with Crippen LogP contribution in [0.4, 0.5) is 17.3 Å². The Morgan fingerprint density at radius 1 is 1.04 bits per heavy atom. The molecule has 0 unspecified atom stereocenters. The number of nitrogens with one attached hydrogen (secondary N) is 2. The van der Waals surface area contributed by atoms with Crippen molar-refractivity contribution in [2.75, 3.05) is 37.8 Å². The van der Waals surface area contributed by atoms with Gasteiger partial charge in [0.15, 0.2) is 0 Å². The normalized spacial score (nSPS) is 11.0. The lowest BCUT2D eigenvalue weighted by molar-refractivity contribution is 0.405. The highest BCUT2D eigenvalue weighted by Crippen LogP contribution is 2.20. The smallest absolute Gasteiger partial charge is 0.135 e. The molecule has 0 spiro atoms. The molecule has 0 aliphatic carbocycles. The van der Waals surface area contributed by atoms with Crippen LogP contribution in [0.25, 0.3) is 0 Å². The molecular weight excluding hydrogens is 286 g/mol. The van der Waals surface area contributed by atoms with Crippen molar-refractivity contribution in [3.8, 4) is 0 Å². The van der Waals surface area contributed by atoms with E-state index in [-0.39, 0.29) is 0 Å². The minimum atomic E-state index is 0.543. The van der Waals surface area contributed by atoms with Crippen LogP contribution in [0.1, 0.15) is 31.7 Å². The fourth-order valence-electron chi connectivity index (χ4n) is 2.23. The summed E-state index contributed by atoms with van der Waals surface area (Å²) in [5, 5.41) is 6.65. The molecule has 2 aromatic rings.